The van der Waals surface area contributed by atoms with Crippen LogP contribution in [0.5, 0.6) is 0 Å². The van der Waals surface area contributed by atoms with Gasteiger partial charge < -0.3 is 4.57 Å². The number of rotatable bonds is 5. The van der Waals surface area contributed by atoms with Crippen molar-refractivity contribution in [2.75, 3.05) is 0 Å². The molecule has 0 unspecified atom stereocenters. The minimum Gasteiger partial charge on any atom is -0.309 e. The highest BCUT2D eigenvalue weighted by Crippen LogP contribution is 2.69. The molecule has 1 spiro atoms. The standard InChI is InChI=1S/C59H43N7/c1-4-14-50-44(11-1)45-20-19-43(32-51(45)59(50)41-26-35-25-36(28-41)29-42(59)27-35)65-52-15-5-2-12-46(52)48-30-37(17-21-54(48)65)38-18-22-55-49(31-38)47-13-3-6-16-53(47)66(55)58-63-56(39-9-7-23-60-33-39)62-57(64-58)40-10-8-24-61-34-40/h1-24,30-36,41-42H,25-29H2. The first-order valence-electron chi connectivity index (χ1n) is 23.6. The van der Waals surface area contributed by atoms with Crippen LogP contribution in [0, 0.1) is 23.7 Å². The zero-order valence-electron chi connectivity index (χ0n) is 36.2. The summed E-state index contributed by atoms with van der Waals surface area (Å²) in [5.41, 5.74) is 16.0. The first-order chi connectivity index (χ1) is 32.7. The van der Waals surface area contributed by atoms with Gasteiger partial charge in [0.2, 0.25) is 5.95 Å². The highest BCUT2D eigenvalue weighted by molar-refractivity contribution is 6.12. The lowest BCUT2D eigenvalue weighted by atomic mass is 9.43. The molecule has 11 aromatic rings. The summed E-state index contributed by atoms with van der Waals surface area (Å²) < 4.78 is 4.70. The van der Waals surface area contributed by atoms with Gasteiger partial charge in [0.25, 0.3) is 0 Å². The number of nitrogens with zero attached hydrogens (tertiary/aromatic N) is 7. The average molecular weight is 850 g/mol. The second kappa shape index (κ2) is 13.6. The van der Waals surface area contributed by atoms with Gasteiger partial charge in [0.05, 0.1) is 22.1 Å². The van der Waals surface area contributed by atoms with Crippen molar-refractivity contribution >= 4 is 43.6 Å². The summed E-state index contributed by atoms with van der Waals surface area (Å²) >= 11 is 0. The lowest BCUT2D eigenvalue weighted by molar-refractivity contribution is -0.0399. The molecule has 0 N–H and O–H groups in total. The molecule has 7 heteroatoms. The molecule has 5 aliphatic rings. The molecular weight excluding hydrogens is 807 g/mol. The molecule has 16 rings (SSSR count). The molecule has 0 amide bonds. The normalized spacial score (nSPS) is 21.4. The van der Waals surface area contributed by atoms with E-state index in [4.69, 9.17) is 15.0 Å². The summed E-state index contributed by atoms with van der Waals surface area (Å²) in [4.78, 5) is 23.8. The summed E-state index contributed by atoms with van der Waals surface area (Å²) in [5.74, 6) is 4.93. The molecule has 4 bridgehead atoms. The van der Waals surface area contributed by atoms with E-state index in [9.17, 15) is 0 Å². The number of pyridine rings is 2. The molecule has 4 fully saturated rings. The Kier molecular flexibility index (Phi) is 7.55. The van der Waals surface area contributed by atoms with Crippen molar-refractivity contribution in [2.24, 2.45) is 23.7 Å². The van der Waals surface area contributed by atoms with E-state index in [1.54, 1.807) is 35.9 Å². The van der Waals surface area contributed by atoms with Gasteiger partial charge >= 0.3 is 0 Å². The lowest BCUT2D eigenvalue weighted by Gasteiger charge is -2.61. The number of aromatic nitrogens is 7. The minimum atomic E-state index is 0.121. The van der Waals surface area contributed by atoms with Gasteiger partial charge in [-0.15, -0.1) is 0 Å². The highest BCUT2D eigenvalue weighted by atomic mass is 15.2. The summed E-state index contributed by atoms with van der Waals surface area (Å²) in [6, 6.07) is 56.1. The zero-order valence-corrected chi connectivity index (χ0v) is 36.2. The molecule has 7 nitrogen and oxygen atoms in total. The molecule has 5 aliphatic carbocycles. The fourth-order valence-electron chi connectivity index (χ4n) is 13.8. The largest absolute Gasteiger partial charge is 0.309 e. The molecule has 314 valence electrons. The smallest absolute Gasteiger partial charge is 0.238 e. The van der Waals surface area contributed by atoms with Crippen LogP contribution in [0.4, 0.5) is 0 Å². The van der Waals surface area contributed by atoms with E-state index in [0.29, 0.717) is 17.6 Å². The molecule has 0 atom stereocenters. The SMILES string of the molecule is c1cncc(-c2nc(-c3cccnc3)nc(-n3c4ccccc4c4cc(-c5ccc6c(c5)c5ccccc5n6-c5ccc6c(c5)C5(c7ccccc7-6)C6CC7CC(C6)CC5C7)ccc43)n2)c1. The molecule has 66 heavy (non-hydrogen) atoms. The summed E-state index contributed by atoms with van der Waals surface area (Å²) in [7, 11) is 0. The van der Waals surface area contributed by atoms with Gasteiger partial charge in [-0.25, -0.2) is 4.98 Å². The van der Waals surface area contributed by atoms with Crippen LogP contribution >= 0.6 is 0 Å². The number of hydrogen-bond donors (Lipinski definition) is 0. The van der Waals surface area contributed by atoms with Crippen molar-refractivity contribution in [1.29, 1.82) is 0 Å². The van der Waals surface area contributed by atoms with E-state index >= 15 is 0 Å². The summed E-state index contributed by atoms with van der Waals surface area (Å²) in [6.45, 7) is 0. The molecule has 5 heterocycles. The van der Waals surface area contributed by atoms with Gasteiger partial charge in [0, 0.05) is 68.6 Å². The van der Waals surface area contributed by atoms with Crippen LogP contribution in [-0.4, -0.2) is 34.1 Å². The Balaban J connectivity index is 0.877. The molecule has 0 saturated heterocycles. The Morgan fingerprint density at radius 2 is 0.955 bits per heavy atom. The van der Waals surface area contributed by atoms with E-state index in [-0.39, 0.29) is 5.41 Å². The van der Waals surface area contributed by atoms with Gasteiger partial charge in [-0.2, -0.15) is 9.97 Å². The average Bonchev–Trinajstić information content (AvgIpc) is 3.99. The number of hydrogen-bond acceptors (Lipinski definition) is 5. The van der Waals surface area contributed by atoms with Crippen LogP contribution < -0.4 is 0 Å². The second-order valence-electron chi connectivity index (χ2n) is 19.4. The Bertz CT molecular complexity index is 3710. The number of fused-ring (bicyclic) bond motifs is 9. The van der Waals surface area contributed by atoms with Crippen LogP contribution in [0.15, 0.2) is 176 Å². The highest BCUT2D eigenvalue weighted by Gasteiger charge is 2.61. The predicted octanol–water partition coefficient (Wildman–Crippen LogP) is 13.6. The van der Waals surface area contributed by atoms with Crippen LogP contribution in [0.3, 0.4) is 0 Å². The molecule has 5 aromatic heterocycles. The van der Waals surface area contributed by atoms with Crippen LogP contribution in [0.2, 0.25) is 0 Å². The third-order valence-corrected chi connectivity index (χ3v) is 16.1. The first-order valence-corrected chi connectivity index (χ1v) is 23.6. The van der Waals surface area contributed by atoms with Crippen molar-refractivity contribution in [3.63, 3.8) is 0 Å². The maximum atomic E-state index is 5.09. The summed E-state index contributed by atoms with van der Waals surface area (Å²) in [5, 5.41) is 4.79. The van der Waals surface area contributed by atoms with Crippen LogP contribution in [0.25, 0.3) is 100 Å². The Labute approximate surface area is 381 Å². The van der Waals surface area contributed by atoms with E-state index in [1.807, 2.05) is 24.3 Å². The first kappa shape index (κ1) is 36.6. The molecule has 0 radical (unpaired) electrons. The summed E-state index contributed by atoms with van der Waals surface area (Å²) in [6.07, 6.45) is 14.1. The molecule has 6 aromatic carbocycles. The number of para-hydroxylation sites is 2. The topological polar surface area (TPSA) is 74.3 Å². The second-order valence-corrected chi connectivity index (χ2v) is 19.4. The van der Waals surface area contributed by atoms with Gasteiger partial charge in [0.15, 0.2) is 11.6 Å². The molecular formula is C59H43N7. The molecule has 4 saturated carbocycles. The predicted molar refractivity (Wildman–Crippen MR) is 264 cm³/mol. The Morgan fingerprint density at radius 3 is 1.58 bits per heavy atom. The van der Waals surface area contributed by atoms with Crippen molar-refractivity contribution < 1.29 is 0 Å². The van der Waals surface area contributed by atoms with Crippen molar-refractivity contribution in [1.82, 2.24) is 34.1 Å². The van der Waals surface area contributed by atoms with E-state index in [0.717, 1.165) is 62.2 Å². The van der Waals surface area contributed by atoms with E-state index in [2.05, 4.69) is 146 Å². The minimum absolute atomic E-state index is 0.121. The van der Waals surface area contributed by atoms with Crippen molar-refractivity contribution in [3.8, 4) is 56.7 Å². The third-order valence-electron chi connectivity index (χ3n) is 16.1. The fraction of sp³-hybridized carbons (Fsp3) is 0.169. The fourth-order valence-corrected chi connectivity index (χ4v) is 13.8. The quantitative estimate of drug-likeness (QED) is 0.172. The van der Waals surface area contributed by atoms with Gasteiger partial charge in [0.1, 0.15) is 0 Å². The van der Waals surface area contributed by atoms with Crippen LogP contribution in [0.1, 0.15) is 43.2 Å². The van der Waals surface area contributed by atoms with Crippen LogP contribution in [-0.2, 0) is 5.41 Å². The lowest BCUT2D eigenvalue weighted by Crippen LogP contribution is -2.55. The molecule has 0 aliphatic heterocycles. The maximum absolute atomic E-state index is 5.09. The van der Waals surface area contributed by atoms with Gasteiger partial charge in [-0.1, -0.05) is 78.9 Å². The Morgan fingerprint density at radius 1 is 0.409 bits per heavy atom. The maximum Gasteiger partial charge on any atom is 0.238 e. The van der Waals surface area contributed by atoms with Gasteiger partial charge in [-0.05, 0) is 162 Å². The Hall–Kier alpha value is -7.77. The van der Waals surface area contributed by atoms with E-state index < -0.39 is 0 Å². The monoisotopic (exact) mass is 849 g/mol. The van der Waals surface area contributed by atoms with Crippen molar-refractivity contribution in [2.45, 2.75) is 37.5 Å². The van der Waals surface area contributed by atoms with E-state index in [1.165, 1.54) is 76.3 Å². The zero-order chi connectivity index (χ0) is 43.1. The van der Waals surface area contributed by atoms with Crippen molar-refractivity contribution in [3.05, 3.63) is 188 Å². The van der Waals surface area contributed by atoms with Gasteiger partial charge in [-0.3, -0.25) is 14.5 Å². The third kappa shape index (κ3) is 5.05. The number of benzene rings is 6.